The minimum atomic E-state index is -0.663. The molecular formula is C24H27N5O3. The summed E-state index contributed by atoms with van der Waals surface area (Å²) in [5.41, 5.74) is 4.96. The third kappa shape index (κ3) is 4.26. The Labute approximate surface area is 186 Å². The number of Topliss-reactive ketones (excluding diaryl/α,β-unsaturated/α-hetero) is 1. The maximum absolute atomic E-state index is 12.1. The lowest BCUT2D eigenvalue weighted by atomic mass is 9.98. The molecule has 0 saturated heterocycles. The summed E-state index contributed by atoms with van der Waals surface area (Å²) in [7, 11) is 0. The molecule has 0 bridgehead atoms. The number of rotatable bonds is 3. The van der Waals surface area contributed by atoms with Gasteiger partial charge in [0.1, 0.15) is 17.1 Å². The highest BCUT2D eigenvalue weighted by molar-refractivity contribution is 5.95. The fourth-order valence-corrected chi connectivity index (χ4v) is 3.80. The molecule has 0 radical (unpaired) electrons. The van der Waals surface area contributed by atoms with Crippen molar-refractivity contribution in [3.05, 3.63) is 47.3 Å². The van der Waals surface area contributed by atoms with Gasteiger partial charge in [-0.15, -0.1) is 0 Å². The molecule has 0 aliphatic carbocycles. The fraction of sp³-hybridized carbons (Fsp3) is 0.375. The summed E-state index contributed by atoms with van der Waals surface area (Å²) in [6.07, 6.45) is 3.24. The number of anilines is 1. The Bertz CT molecular complexity index is 1250. The molecule has 1 aromatic rings. The van der Waals surface area contributed by atoms with Gasteiger partial charge in [-0.25, -0.2) is 9.78 Å². The number of amides is 1. The van der Waals surface area contributed by atoms with E-state index in [9.17, 15) is 9.59 Å². The number of fused-ring (bicyclic) bond motifs is 3. The van der Waals surface area contributed by atoms with Gasteiger partial charge in [0.2, 0.25) is 0 Å². The molecule has 8 nitrogen and oxygen atoms in total. The predicted octanol–water partition coefficient (Wildman–Crippen LogP) is 4.21. The van der Waals surface area contributed by atoms with Crippen molar-refractivity contribution in [1.29, 1.82) is 0 Å². The number of aryl methyl sites for hydroxylation is 1. The molecule has 0 saturated carbocycles. The number of hydrogen-bond donors (Lipinski definition) is 1. The summed E-state index contributed by atoms with van der Waals surface area (Å²) in [5, 5.41) is 3.45. The molecule has 32 heavy (non-hydrogen) atoms. The van der Waals surface area contributed by atoms with Crippen LogP contribution in [0.2, 0.25) is 0 Å². The molecule has 4 rings (SSSR count). The first-order valence-electron chi connectivity index (χ1n) is 10.7. The van der Waals surface area contributed by atoms with E-state index in [0.717, 1.165) is 46.9 Å². The zero-order chi connectivity index (χ0) is 23.0. The number of nitrogens with one attached hydrogen (secondary N) is 1. The first kappa shape index (κ1) is 21.7. The Balaban J connectivity index is 1.81. The summed E-state index contributed by atoms with van der Waals surface area (Å²) in [5.74, 6) is 0.993. The summed E-state index contributed by atoms with van der Waals surface area (Å²) in [4.78, 5) is 36.9. The lowest BCUT2D eigenvalue weighted by molar-refractivity contribution is 0.0596. The van der Waals surface area contributed by atoms with Crippen LogP contribution in [0.1, 0.15) is 50.2 Å². The van der Waals surface area contributed by atoms with E-state index in [1.807, 2.05) is 19.9 Å². The van der Waals surface area contributed by atoms with Crippen LogP contribution in [0.5, 0.6) is 0 Å². The monoisotopic (exact) mass is 433 g/mol. The second kappa shape index (κ2) is 8.18. The average Bonchev–Trinajstić information content (AvgIpc) is 3.21. The number of hydrogen-bond acceptors (Lipinski definition) is 6. The van der Waals surface area contributed by atoms with Crippen LogP contribution in [-0.2, 0) is 11.3 Å². The fourth-order valence-electron chi connectivity index (χ4n) is 3.80. The number of ketones is 1. The molecule has 1 aromatic heterocycles. The molecule has 0 fully saturated rings. The van der Waals surface area contributed by atoms with Gasteiger partial charge < -0.3 is 14.6 Å². The first-order chi connectivity index (χ1) is 15.2. The lowest BCUT2D eigenvalue weighted by Gasteiger charge is -2.19. The van der Waals surface area contributed by atoms with Crippen molar-refractivity contribution in [2.45, 2.75) is 53.2 Å². The summed E-state index contributed by atoms with van der Waals surface area (Å²) in [6.45, 7) is 10.8. The van der Waals surface area contributed by atoms with Gasteiger partial charge in [0.05, 0.1) is 5.69 Å². The molecule has 1 amide bonds. The van der Waals surface area contributed by atoms with E-state index in [2.05, 4.69) is 30.9 Å². The standard InChI is InChI=1S/C24H27N5O3/c1-6-20(30)18-9-14(2)17(13-26-18)16-10-15-12-27-21(28-23(31)32-24(3,4)5)11-19(15)29-8-7-25-22(16)29/h9-13,25H,6-8H2,1-5H3/b28-21+. The van der Waals surface area contributed by atoms with Crippen LogP contribution in [0, 0.1) is 6.92 Å². The highest BCUT2D eigenvalue weighted by atomic mass is 16.6. The zero-order valence-corrected chi connectivity index (χ0v) is 19.0. The second-order valence-corrected chi connectivity index (χ2v) is 8.84. The largest absolute Gasteiger partial charge is 0.442 e. The third-order valence-electron chi connectivity index (χ3n) is 5.25. The van der Waals surface area contributed by atoms with Crippen molar-refractivity contribution in [1.82, 2.24) is 14.5 Å². The number of aromatic nitrogens is 3. The van der Waals surface area contributed by atoms with Gasteiger partial charge in [0.15, 0.2) is 11.3 Å². The van der Waals surface area contributed by atoms with Crippen LogP contribution in [0.3, 0.4) is 0 Å². The molecule has 0 spiro atoms. The molecule has 3 aliphatic heterocycles. The van der Waals surface area contributed by atoms with Crippen LogP contribution in [-0.4, -0.2) is 38.6 Å². The van der Waals surface area contributed by atoms with Gasteiger partial charge in [-0.05, 0) is 45.4 Å². The normalized spacial score (nSPS) is 13.7. The molecule has 3 aliphatic rings. The Kier molecular flexibility index (Phi) is 5.54. The molecular weight excluding hydrogens is 406 g/mol. The second-order valence-electron chi connectivity index (χ2n) is 8.84. The molecule has 8 heteroatoms. The van der Waals surface area contributed by atoms with Crippen molar-refractivity contribution in [3.8, 4) is 22.4 Å². The van der Waals surface area contributed by atoms with Gasteiger partial charge in [0, 0.05) is 54.7 Å². The van der Waals surface area contributed by atoms with Crippen LogP contribution >= 0.6 is 0 Å². The molecule has 1 N–H and O–H groups in total. The van der Waals surface area contributed by atoms with Crippen LogP contribution in [0.25, 0.3) is 22.4 Å². The lowest BCUT2D eigenvalue weighted by Crippen LogP contribution is -2.24. The Morgan fingerprint density at radius 1 is 1.16 bits per heavy atom. The van der Waals surface area contributed by atoms with Gasteiger partial charge in [0.25, 0.3) is 0 Å². The summed E-state index contributed by atoms with van der Waals surface area (Å²) < 4.78 is 7.43. The number of carbonyl (C=O) groups is 2. The molecule has 4 heterocycles. The first-order valence-corrected chi connectivity index (χ1v) is 10.7. The number of pyridine rings is 3. The van der Waals surface area contributed by atoms with E-state index in [4.69, 9.17) is 4.74 Å². The summed E-state index contributed by atoms with van der Waals surface area (Å²) in [6, 6.07) is 5.70. The predicted molar refractivity (Wildman–Crippen MR) is 122 cm³/mol. The van der Waals surface area contributed by atoms with Gasteiger partial charge in [-0.1, -0.05) is 6.92 Å². The minimum Gasteiger partial charge on any atom is -0.442 e. The maximum Gasteiger partial charge on any atom is 0.436 e. The van der Waals surface area contributed by atoms with Crippen LogP contribution < -0.4 is 10.8 Å². The summed E-state index contributed by atoms with van der Waals surface area (Å²) >= 11 is 0. The maximum atomic E-state index is 12.1. The topological polar surface area (TPSA) is 98.5 Å². The van der Waals surface area contributed by atoms with Crippen LogP contribution in [0.15, 0.2) is 35.6 Å². The molecule has 166 valence electrons. The number of ether oxygens (including phenoxy) is 1. The molecule has 0 unspecified atom stereocenters. The van der Waals surface area contributed by atoms with Crippen molar-refractivity contribution >= 4 is 17.7 Å². The minimum absolute atomic E-state index is 0.0290. The third-order valence-corrected chi connectivity index (χ3v) is 5.25. The van der Waals surface area contributed by atoms with Crippen LogP contribution in [0.4, 0.5) is 10.6 Å². The van der Waals surface area contributed by atoms with E-state index >= 15 is 0 Å². The van der Waals surface area contributed by atoms with E-state index in [0.29, 0.717) is 17.6 Å². The average molecular weight is 434 g/mol. The highest BCUT2D eigenvalue weighted by Crippen LogP contribution is 2.38. The molecule has 0 aromatic carbocycles. The SMILES string of the molecule is CCC(=O)c1cc(C)c(-c2cc3cn/c(=N/C(=O)OC(C)(C)C)cc-3n3c2NCC3)cn1. The van der Waals surface area contributed by atoms with E-state index in [-0.39, 0.29) is 5.78 Å². The van der Waals surface area contributed by atoms with Gasteiger partial charge >= 0.3 is 6.09 Å². The van der Waals surface area contributed by atoms with E-state index in [1.54, 1.807) is 39.2 Å². The van der Waals surface area contributed by atoms with Crippen molar-refractivity contribution < 1.29 is 14.3 Å². The number of carbonyl (C=O) groups excluding carboxylic acids is 2. The quantitative estimate of drug-likeness (QED) is 0.621. The number of nitrogens with zero attached hydrogens (tertiary/aromatic N) is 4. The van der Waals surface area contributed by atoms with Crippen molar-refractivity contribution in [2.24, 2.45) is 4.99 Å². The Hall–Kier alpha value is -3.55. The molecule has 0 atom stereocenters. The van der Waals surface area contributed by atoms with Gasteiger partial charge in [-0.2, -0.15) is 4.99 Å². The van der Waals surface area contributed by atoms with E-state index < -0.39 is 11.7 Å². The Morgan fingerprint density at radius 3 is 2.62 bits per heavy atom. The van der Waals surface area contributed by atoms with Crippen molar-refractivity contribution in [2.75, 3.05) is 11.9 Å². The van der Waals surface area contributed by atoms with Crippen molar-refractivity contribution in [3.63, 3.8) is 0 Å². The highest BCUT2D eigenvalue weighted by Gasteiger charge is 2.23. The zero-order valence-electron chi connectivity index (χ0n) is 19.0. The van der Waals surface area contributed by atoms with E-state index in [1.165, 1.54) is 0 Å². The van der Waals surface area contributed by atoms with Gasteiger partial charge in [-0.3, -0.25) is 9.78 Å². The Morgan fingerprint density at radius 2 is 1.94 bits per heavy atom. The smallest absolute Gasteiger partial charge is 0.436 e.